The van der Waals surface area contributed by atoms with Gasteiger partial charge in [0.2, 0.25) is 0 Å². The molecule has 194 valence electrons. The highest BCUT2D eigenvalue weighted by molar-refractivity contribution is 6.85. The lowest BCUT2D eigenvalue weighted by Crippen LogP contribution is -2.50. The van der Waals surface area contributed by atoms with Crippen molar-refractivity contribution in [2.45, 2.75) is 69.1 Å². The van der Waals surface area contributed by atoms with Crippen LogP contribution < -0.4 is 0 Å². The molecule has 1 atom stereocenters. The van der Waals surface area contributed by atoms with E-state index in [2.05, 4.69) is 9.47 Å². The first-order valence-electron chi connectivity index (χ1n) is 9.72. The molecule has 0 fully saturated rings. The second-order valence-corrected chi connectivity index (χ2v) is 20.3. The Labute approximate surface area is 187 Å². The number of hydrogen-bond donors (Lipinski definition) is 0. The lowest BCUT2D eigenvalue weighted by molar-refractivity contribution is -0.453. The van der Waals surface area contributed by atoms with E-state index in [0.717, 1.165) is 0 Å². The number of alkyl halides is 7. The monoisotopic (exact) mass is 538 g/mol. The molecule has 0 aromatic heterocycles. The third-order valence-electron chi connectivity index (χ3n) is 4.57. The van der Waals surface area contributed by atoms with Crippen LogP contribution in [0.25, 0.3) is 0 Å². The molecule has 0 radical (unpaired) electrons. The average Bonchev–Trinajstić information content (AvgIpc) is 2.59. The molecule has 0 heterocycles. The fraction of sp³-hybridized carbons (Fsp3) is 1.00. The highest BCUT2D eigenvalue weighted by Gasteiger charge is 2.63. The summed E-state index contributed by atoms with van der Waals surface area (Å²) in [6, 6.07) is 1.70. The second-order valence-electron chi connectivity index (χ2n) is 8.35. The van der Waals surface area contributed by atoms with Gasteiger partial charge in [0.1, 0.15) is 6.61 Å². The molecular formula is C16H33F7O6Si3. The summed E-state index contributed by atoms with van der Waals surface area (Å²) in [5, 5.41) is 0. The highest BCUT2D eigenvalue weighted by Crippen LogP contribution is 2.40. The predicted molar refractivity (Wildman–Crippen MR) is 110 cm³/mol. The Morgan fingerprint density at radius 1 is 0.688 bits per heavy atom. The minimum atomic E-state index is -5.90. The quantitative estimate of drug-likeness (QED) is 0.157. The van der Waals surface area contributed by atoms with Crippen molar-refractivity contribution in [3.63, 3.8) is 0 Å². The van der Waals surface area contributed by atoms with Crippen molar-refractivity contribution in [3.05, 3.63) is 0 Å². The molecule has 16 heteroatoms. The van der Waals surface area contributed by atoms with Crippen LogP contribution in [0.4, 0.5) is 30.7 Å². The van der Waals surface area contributed by atoms with Crippen LogP contribution in [0, 0.1) is 0 Å². The smallest absolute Gasteiger partial charge is 0.456 e. The topological polar surface area (TPSA) is 55.4 Å². The van der Waals surface area contributed by atoms with Crippen LogP contribution in [0.3, 0.4) is 0 Å². The average molecular weight is 539 g/mol. The summed E-state index contributed by atoms with van der Waals surface area (Å²) in [7, 11) is -2.70. The maximum atomic E-state index is 13.7. The van der Waals surface area contributed by atoms with Crippen molar-refractivity contribution in [2.24, 2.45) is 0 Å². The van der Waals surface area contributed by atoms with Gasteiger partial charge in [-0.05, 0) is 44.7 Å². The largest absolute Gasteiger partial charge is 0.525 e. The normalized spacial score (nSPS) is 16.3. The zero-order chi connectivity index (χ0) is 25.5. The van der Waals surface area contributed by atoms with E-state index in [4.69, 9.17) is 17.4 Å². The van der Waals surface area contributed by atoms with Gasteiger partial charge in [0.05, 0.1) is 0 Å². The summed E-state index contributed by atoms with van der Waals surface area (Å²) in [5.74, 6) is -4.97. The van der Waals surface area contributed by atoms with Gasteiger partial charge >= 0.3 is 27.2 Å². The Bertz CT molecular complexity index is 551. The number of rotatable bonds is 15. The molecule has 0 aliphatic heterocycles. The summed E-state index contributed by atoms with van der Waals surface area (Å²) < 4.78 is 118. The molecule has 0 N–H and O–H groups in total. The molecular weight excluding hydrogens is 505 g/mol. The molecule has 0 rings (SSSR count). The molecule has 0 amide bonds. The first-order chi connectivity index (χ1) is 14.3. The Balaban J connectivity index is 4.69. The van der Waals surface area contributed by atoms with Crippen LogP contribution in [0.1, 0.15) is 6.42 Å². The van der Waals surface area contributed by atoms with Gasteiger partial charge < -0.3 is 22.1 Å². The molecule has 0 aromatic rings. The van der Waals surface area contributed by atoms with Gasteiger partial charge in [-0.2, -0.15) is 17.6 Å². The van der Waals surface area contributed by atoms with Crippen LogP contribution in [0.2, 0.25) is 44.3 Å². The lowest BCUT2D eigenvalue weighted by atomic mass is 10.3. The Hall–Kier alpha value is -0.0794. The summed E-state index contributed by atoms with van der Waals surface area (Å²) in [6.45, 7) is 5.55. The molecule has 0 aliphatic rings. The van der Waals surface area contributed by atoms with Crippen LogP contribution in [-0.2, 0) is 26.9 Å². The Kier molecular flexibility index (Phi) is 12.0. The first kappa shape index (κ1) is 31.9. The van der Waals surface area contributed by atoms with Gasteiger partial charge in [-0.3, -0.25) is 0 Å². The van der Waals surface area contributed by atoms with Crippen LogP contribution in [-0.4, -0.2) is 78.4 Å². The van der Waals surface area contributed by atoms with Gasteiger partial charge in [0, 0.05) is 34.0 Å². The van der Waals surface area contributed by atoms with Gasteiger partial charge in [0.15, 0.2) is 16.6 Å². The third-order valence-corrected chi connectivity index (χ3v) is 15.2. The third kappa shape index (κ3) is 11.4. The molecule has 0 aliphatic carbocycles. The number of ether oxygens (including phenoxy) is 2. The molecule has 0 bridgehead atoms. The van der Waals surface area contributed by atoms with Crippen molar-refractivity contribution >= 4 is 25.4 Å². The van der Waals surface area contributed by atoms with Gasteiger partial charge in [-0.15, -0.1) is 13.2 Å². The van der Waals surface area contributed by atoms with Gasteiger partial charge in [-0.25, -0.2) is 4.74 Å². The van der Waals surface area contributed by atoms with E-state index in [9.17, 15) is 30.7 Å². The molecule has 0 spiro atoms. The van der Waals surface area contributed by atoms with Crippen molar-refractivity contribution in [1.82, 2.24) is 0 Å². The minimum absolute atomic E-state index is 0.191. The number of hydrogen-bond acceptors (Lipinski definition) is 6. The Morgan fingerprint density at radius 3 is 1.56 bits per heavy atom. The fourth-order valence-electron chi connectivity index (χ4n) is 3.02. The van der Waals surface area contributed by atoms with Gasteiger partial charge in [-0.1, -0.05) is 0 Å². The molecule has 0 saturated carbocycles. The SMILES string of the molecule is CO[Si](CC[Si](C)(C)O[Si](C)(C)CCCOCC(F)(OC(F)(F)F)C(F)(F)F)(OC)OC. The van der Waals surface area contributed by atoms with Crippen molar-refractivity contribution in [3.8, 4) is 0 Å². The summed E-state index contributed by atoms with van der Waals surface area (Å²) in [4.78, 5) is 0. The van der Waals surface area contributed by atoms with Crippen molar-refractivity contribution < 1.29 is 57.6 Å². The zero-order valence-corrected chi connectivity index (χ0v) is 22.3. The van der Waals surface area contributed by atoms with E-state index in [1.165, 1.54) is 21.3 Å². The maximum Gasteiger partial charge on any atom is 0.525 e. The molecule has 1 unspecified atom stereocenters. The standard InChI is InChI=1S/C16H33F7O6Si3/c1-24-32(25-2,26-3)12-11-31(6,7)29-30(4,5)10-8-9-27-13-14(17,15(18,19)20)28-16(21,22)23/h8-13H2,1-7H3. The van der Waals surface area contributed by atoms with E-state index >= 15 is 0 Å². The van der Waals surface area contributed by atoms with E-state index in [1.54, 1.807) is 0 Å². The van der Waals surface area contributed by atoms with Crippen LogP contribution >= 0.6 is 0 Å². The zero-order valence-electron chi connectivity index (χ0n) is 19.3. The molecule has 0 aromatic carbocycles. The molecule has 6 nitrogen and oxygen atoms in total. The molecule has 0 saturated heterocycles. The molecule has 32 heavy (non-hydrogen) atoms. The van der Waals surface area contributed by atoms with Crippen LogP contribution in [0.5, 0.6) is 0 Å². The predicted octanol–water partition coefficient (Wildman–Crippen LogP) is 5.46. The summed E-state index contributed by atoms with van der Waals surface area (Å²) >= 11 is 0. The first-order valence-corrected chi connectivity index (χ1v) is 17.9. The van der Waals surface area contributed by atoms with E-state index < -0.39 is 50.4 Å². The minimum Gasteiger partial charge on any atom is -0.456 e. The van der Waals surface area contributed by atoms with Gasteiger partial charge in [0.25, 0.3) is 0 Å². The van der Waals surface area contributed by atoms with Crippen molar-refractivity contribution in [1.29, 1.82) is 0 Å². The summed E-state index contributed by atoms with van der Waals surface area (Å²) in [6.07, 6.45) is -11.5. The maximum absolute atomic E-state index is 13.7. The fourth-order valence-corrected chi connectivity index (χ4v) is 15.6. The van der Waals surface area contributed by atoms with E-state index in [-0.39, 0.29) is 13.0 Å². The summed E-state index contributed by atoms with van der Waals surface area (Å²) in [5.41, 5.74) is 0. The number of halogens is 7. The lowest BCUT2D eigenvalue weighted by Gasteiger charge is -2.35. The van der Waals surface area contributed by atoms with E-state index in [1.807, 2.05) is 26.2 Å². The second kappa shape index (κ2) is 12.1. The van der Waals surface area contributed by atoms with E-state index in [0.29, 0.717) is 18.1 Å². The van der Waals surface area contributed by atoms with Crippen LogP contribution in [0.15, 0.2) is 0 Å². The Morgan fingerprint density at radius 2 is 1.16 bits per heavy atom. The van der Waals surface area contributed by atoms with Crippen molar-refractivity contribution in [2.75, 3.05) is 34.5 Å². The highest BCUT2D eigenvalue weighted by atomic mass is 28.4.